The van der Waals surface area contributed by atoms with Gasteiger partial charge in [-0.3, -0.25) is 4.72 Å². The van der Waals surface area contributed by atoms with Crippen LogP contribution in [0.3, 0.4) is 0 Å². The summed E-state index contributed by atoms with van der Waals surface area (Å²) in [4.78, 5) is 1.27. The van der Waals surface area contributed by atoms with Crippen LogP contribution in [0.25, 0.3) is 6.08 Å². The van der Waals surface area contributed by atoms with Crippen LogP contribution in [0, 0.1) is 0 Å². The molecule has 0 bridgehead atoms. The van der Waals surface area contributed by atoms with Crippen LogP contribution < -0.4 is 4.72 Å². The van der Waals surface area contributed by atoms with Crippen molar-refractivity contribution in [3.05, 3.63) is 71.8 Å². The van der Waals surface area contributed by atoms with E-state index in [0.29, 0.717) is 5.92 Å². The quantitative estimate of drug-likeness (QED) is 0.481. The average Bonchev–Trinajstić information content (AvgIpc) is 2.55. The molecule has 2 heteroatoms. The molecule has 0 radical (unpaired) electrons. The van der Waals surface area contributed by atoms with Gasteiger partial charge in [0, 0.05) is 11.4 Å². The van der Waals surface area contributed by atoms with Gasteiger partial charge >= 0.3 is 0 Å². The molecule has 0 saturated carbocycles. The number of unbranched alkanes of at least 4 members (excludes halogenated alkanes) is 1. The van der Waals surface area contributed by atoms with Crippen molar-refractivity contribution in [2.24, 2.45) is 0 Å². The fourth-order valence-electron chi connectivity index (χ4n) is 2.13. The molecule has 0 spiro atoms. The van der Waals surface area contributed by atoms with E-state index in [2.05, 4.69) is 79.3 Å². The van der Waals surface area contributed by atoms with Crippen molar-refractivity contribution in [3.63, 3.8) is 0 Å². The maximum absolute atomic E-state index is 3.40. The van der Waals surface area contributed by atoms with E-state index >= 15 is 0 Å². The molecular weight excluding hydrogens is 286 g/mol. The van der Waals surface area contributed by atoms with Gasteiger partial charge in [-0.05, 0) is 54.0 Å². The molecular formula is C20H25NS. The first-order valence-corrected chi connectivity index (χ1v) is 8.78. The Kier molecular flexibility index (Phi) is 7.27. The van der Waals surface area contributed by atoms with Crippen LogP contribution >= 0.6 is 11.9 Å². The monoisotopic (exact) mass is 311 g/mol. The van der Waals surface area contributed by atoms with Crippen molar-refractivity contribution in [3.8, 4) is 0 Å². The van der Waals surface area contributed by atoms with E-state index < -0.39 is 0 Å². The molecule has 0 fully saturated rings. The topological polar surface area (TPSA) is 12.0 Å². The smallest absolute Gasteiger partial charge is 0.0228 e. The van der Waals surface area contributed by atoms with Crippen LogP contribution in [-0.2, 0) is 0 Å². The molecule has 0 unspecified atom stereocenters. The van der Waals surface area contributed by atoms with Crippen LogP contribution in [0.1, 0.15) is 43.7 Å². The van der Waals surface area contributed by atoms with Crippen LogP contribution in [0.4, 0.5) is 0 Å². The van der Waals surface area contributed by atoms with Gasteiger partial charge in [0.25, 0.3) is 0 Å². The van der Waals surface area contributed by atoms with Crippen LogP contribution in [0.5, 0.6) is 0 Å². The SMILES string of the molecule is CC(C)c1ccc(/C=C\CCCNSc2ccccc2)cc1. The van der Waals surface area contributed by atoms with Crippen molar-refractivity contribution in [2.75, 3.05) is 6.54 Å². The van der Waals surface area contributed by atoms with E-state index in [4.69, 9.17) is 0 Å². The van der Waals surface area contributed by atoms with Crippen LogP contribution in [0.2, 0.25) is 0 Å². The first-order valence-electron chi connectivity index (χ1n) is 7.97. The average molecular weight is 311 g/mol. The predicted molar refractivity (Wildman–Crippen MR) is 99.1 cm³/mol. The maximum atomic E-state index is 3.40. The third-order valence-electron chi connectivity index (χ3n) is 3.50. The summed E-state index contributed by atoms with van der Waals surface area (Å²) >= 11 is 1.71. The predicted octanol–water partition coefficient (Wildman–Crippen LogP) is 5.90. The molecule has 1 nitrogen and oxygen atoms in total. The van der Waals surface area contributed by atoms with Crippen molar-refractivity contribution in [2.45, 2.75) is 37.5 Å². The lowest BCUT2D eigenvalue weighted by Gasteiger charge is -2.04. The minimum absolute atomic E-state index is 0.603. The Labute approximate surface area is 139 Å². The van der Waals surface area contributed by atoms with Gasteiger partial charge in [0.2, 0.25) is 0 Å². The van der Waals surface area contributed by atoms with E-state index in [-0.39, 0.29) is 0 Å². The second kappa shape index (κ2) is 9.50. The fraction of sp³-hybridized carbons (Fsp3) is 0.300. The van der Waals surface area contributed by atoms with Crippen molar-refractivity contribution in [1.29, 1.82) is 0 Å². The molecule has 0 heterocycles. The van der Waals surface area contributed by atoms with Gasteiger partial charge in [-0.25, -0.2) is 0 Å². The number of allylic oxidation sites excluding steroid dienone is 1. The standard InChI is InChI=1S/C20H25NS/c1-17(2)19-14-12-18(13-15-19)9-5-4-8-16-21-22-20-10-6-3-7-11-20/h3,5-7,9-15,17,21H,4,8,16H2,1-2H3/b9-5-. The lowest BCUT2D eigenvalue weighted by atomic mass is 10.0. The van der Waals surface area contributed by atoms with E-state index in [1.54, 1.807) is 11.9 Å². The fourth-order valence-corrected chi connectivity index (χ4v) is 2.83. The number of hydrogen-bond acceptors (Lipinski definition) is 2. The molecule has 2 aromatic carbocycles. The summed E-state index contributed by atoms with van der Waals surface area (Å²) < 4.78 is 3.40. The number of rotatable bonds is 8. The molecule has 0 aliphatic rings. The van der Waals surface area contributed by atoms with Crippen LogP contribution in [-0.4, -0.2) is 6.54 Å². The Balaban J connectivity index is 1.62. The lowest BCUT2D eigenvalue weighted by Crippen LogP contribution is -2.04. The van der Waals surface area contributed by atoms with Gasteiger partial charge in [0.1, 0.15) is 0 Å². The molecule has 0 aliphatic heterocycles. The zero-order valence-electron chi connectivity index (χ0n) is 13.5. The van der Waals surface area contributed by atoms with Crippen molar-refractivity contribution >= 4 is 18.0 Å². The molecule has 2 rings (SSSR count). The normalized spacial score (nSPS) is 11.4. The molecule has 1 N–H and O–H groups in total. The van der Waals surface area contributed by atoms with Gasteiger partial charge in [0.05, 0.1) is 0 Å². The highest BCUT2D eigenvalue weighted by Gasteiger charge is 1.97. The molecule has 2 aromatic rings. The third-order valence-corrected chi connectivity index (χ3v) is 4.35. The van der Waals surface area contributed by atoms with Crippen LogP contribution in [0.15, 0.2) is 65.6 Å². The minimum Gasteiger partial charge on any atom is -0.260 e. The van der Waals surface area contributed by atoms with E-state index in [1.165, 1.54) is 16.0 Å². The minimum atomic E-state index is 0.603. The summed E-state index contributed by atoms with van der Waals surface area (Å²) in [6.45, 7) is 5.48. The van der Waals surface area contributed by atoms with E-state index in [1.807, 2.05) is 6.07 Å². The lowest BCUT2D eigenvalue weighted by molar-refractivity contribution is 0.817. The molecule has 0 amide bonds. The number of benzene rings is 2. The second-order valence-corrected chi connectivity index (χ2v) is 6.64. The molecule has 116 valence electrons. The van der Waals surface area contributed by atoms with Gasteiger partial charge in [-0.2, -0.15) is 0 Å². The highest BCUT2D eigenvalue weighted by atomic mass is 32.2. The zero-order valence-corrected chi connectivity index (χ0v) is 14.3. The zero-order chi connectivity index (χ0) is 15.6. The molecule has 0 atom stereocenters. The van der Waals surface area contributed by atoms with Crippen molar-refractivity contribution in [1.82, 2.24) is 4.72 Å². The highest BCUT2D eigenvalue weighted by Crippen LogP contribution is 2.16. The Bertz CT molecular complexity index is 558. The van der Waals surface area contributed by atoms with Gasteiger partial charge in [-0.15, -0.1) is 0 Å². The van der Waals surface area contributed by atoms with E-state index in [9.17, 15) is 0 Å². The Morgan fingerprint density at radius 1 is 1.00 bits per heavy atom. The molecule has 0 aromatic heterocycles. The maximum Gasteiger partial charge on any atom is 0.0228 e. The summed E-state index contributed by atoms with van der Waals surface area (Å²) in [6, 6.07) is 19.3. The second-order valence-electron chi connectivity index (χ2n) is 5.68. The Hall–Kier alpha value is -1.51. The summed E-state index contributed by atoms with van der Waals surface area (Å²) in [5.74, 6) is 0.603. The first-order chi connectivity index (χ1) is 10.8. The summed E-state index contributed by atoms with van der Waals surface area (Å²) in [6.07, 6.45) is 6.74. The number of nitrogens with one attached hydrogen (secondary N) is 1. The highest BCUT2D eigenvalue weighted by molar-refractivity contribution is 7.97. The Morgan fingerprint density at radius 3 is 2.41 bits per heavy atom. The largest absolute Gasteiger partial charge is 0.260 e. The van der Waals surface area contributed by atoms with E-state index in [0.717, 1.165) is 19.4 Å². The van der Waals surface area contributed by atoms with Gasteiger partial charge in [-0.1, -0.05) is 68.5 Å². The van der Waals surface area contributed by atoms with Gasteiger partial charge < -0.3 is 0 Å². The number of hydrogen-bond donors (Lipinski definition) is 1. The summed E-state index contributed by atoms with van der Waals surface area (Å²) in [5.41, 5.74) is 2.69. The first kappa shape index (κ1) is 16.9. The summed E-state index contributed by atoms with van der Waals surface area (Å²) in [5, 5.41) is 0. The molecule has 0 aliphatic carbocycles. The van der Waals surface area contributed by atoms with Crippen molar-refractivity contribution < 1.29 is 0 Å². The third kappa shape index (κ3) is 6.08. The summed E-state index contributed by atoms with van der Waals surface area (Å²) in [7, 11) is 0. The molecule has 0 saturated heterocycles. The Morgan fingerprint density at radius 2 is 1.73 bits per heavy atom. The van der Waals surface area contributed by atoms with Gasteiger partial charge in [0.15, 0.2) is 0 Å². The molecule has 22 heavy (non-hydrogen) atoms.